The summed E-state index contributed by atoms with van der Waals surface area (Å²) in [6.45, 7) is 1.98. The molecule has 108 valence electrons. The highest BCUT2D eigenvalue weighted by Crippen LogP contribution is 2.30. The van der Waals surface area contributed by atoms with Gasteiger partial charge < -0.3 is 15.0 Å². The lowest BCUT2D eigenvalue weighted by Crippen LogP contribution is -2.16. The Morgan fingerprint density at radius 2 is 2.19 bits per heavy atom. The van der Waals surface area contributed by atoms with Gasteiger partial charge in [-0.2, -0.15) is 0 Å². The summed E-state index contributed by atoms with van der Waals surface area (Å²) in [6, 6.07) is 9.49. The normalized spacial score (nSPS) is 12.3. The summed E-state index contributed by atoms with van der Waals surface area (Å²) in [5.41, 5.74) is 2.00. The maximum absolute atomic E-state index is 9.54. The highest BCUT2D eigenvalue weighted by molar-refractivity contribution is 7.10. The molecular formula is C16H17N3OS. The molecule has 21 heavy (non-hydrogen) atoms. The molecule has 2 heterocycles. The highest BCUT2D eigenvalue weighted by Gasteiger charge is 2.19. The number of aryl methyl sites for hydroxylation is 2. The third-order valence-corrected chi connectivity index (χ3v) is 4.39. The Hall–Kier alpha value is -2.27. The summed E-state index contributed by atoms with van der Waals surface area (Å²) in [5.74, 6) is 1.24. The smallest absolute Gasteiger partial charge is 0.136 e. The Morgan fingerprint density at radius 1 is 1.33 bits per heavy atom. The van der Waals surface area contributed by atoms with Crippen LogP contribution in [-0.4, -0.2) is 14.7 Å². The first-order valence-corrected chi connectivity index (χ1v) is 7.60. The van der Waals surface area contributed by atoms with E-state index in [1.165, 1.54) is 4.88 Å². The summed E-state index contributed by atoms with van der Waals surface area (Å²) in [4.78, 5) is 5.68. The molecule has 0 aliphatic rings. The Balaban J connectivity index is 1.99. The topological polar surface area (TPSA) is 50.1 Å². The van der Waals surface area contributed by atoms with E-state index in [1.807, 2.05) is 36.9 Å². The quantitative estimate of drug-likeness (QED) is 0.722. The number of phenols is 1. The monoisotopic (exact) mass is 299 g/mol. The van der Waals surface area contributed by atoms with Crippen LogP contribution in [0.5, 0.6) is 5.75 Å². The summed E-state index contributed by atoms with van der Waals surface area (Å²) in [5, 5.41) is 15.1. The lowest BCUT2D eigenvalue weighted by atomic mass is 10.1. The molecule has 0 aliphatic carbocycles. The maximum Gasteiger partial charge on any atom is 0.136 e. The Morgan fingerprint density at radius 3 is 2.81 bits per heavy atom. The van der Waals surface area contributed by atoms with E-state index < -0.39 is 0 Å². The number of nitrogens with zero attached hydrogens (tertiary/aromatic N) is 2. The van der Waals surface area contributed by atoms with E-state index in [1.54, 1.807) is 29.7 Å². The second-order valence-corrected chi connectivity index (χ2v) is 5.97. The van der Waals surface area contributed by atoms with Crippen molar-refractivity contribution in [1.29, 1.82) is 0 Å². The van der Waals surface area contributed by atoms with Crippen LogP contribution in [0.2, 0.25) is 0 Å². The number of hydrogen-bond acceptors (Lipinski definition) is 4. The predicted molar refractivity (Wildman–Crippen MR) is 85.8 cm³/mol. The number of nitrogens with one attached hydrogen (secondary N) is 1. The summed E-state index contributed by atoms with van der Waals surface area (Å²) in [6.07, 6.45) is 3.75. The highest BCUT2D eigenvalue weighted by atomic mass is 32.1. The third kappa shape index (κ3) is 2.78. The first-order valence-electron chi connectivity index (χ1n) is 6.72. The number of imidazole rings is 1. The van der Waals surface area contributed by atoms with Gasteiger partial charge in [0.25, 0.3) is 0 Å². The van der Waals surface area contributed by atoms with E-state index in [-0.39, 0.29) is 11.8 Å². The largest absolute Gasteiger partial charge is 0.508 e. The third-order valence-electron chi connectivity index (χ3n) is 3.45. The Bertz CT molecular complexity index is 734. The fourth-order valence-corrected chi connectivity index (χ4v) is 3.11. The van der Waals surface area contributed by atoms with Gasteiger partial charge in [-0.1, -0.05) is 6.07 Å². The van der Waals surface area contributed by atoms with Crippen LogP contribution in [0.3, 0.4) is 0 Å². The van der Waals surface area contributed by atoms with Gasteiger partial charge in [0.2, 0.25) is 0 Å². The van der Waals surface area contributed by atoms with Gasteiger partial charge in [-0.25, -0.2) is 4.98 Å². The van der Waals surface area contributed by atoms with Gasteiger partial charge in [-0.15, -0.1) is 11.3 Å². The van der Waals surface area contributed by atoms with Crippen LogP contribution in [0.15, 0.2) is 48.1 Å². The second kappa shape index (κ2) is 5.61. The van der Waals surface area contributed by atoms with E-state index in [9.17, 15) is 5.11 Å². The molecule has 3 aromatic rings. The van der Waals surface area contributed by atoms with Gasteiger partial charge in [0.05, 0.1) is 0 Å². The van der Waals surface area contributed by atoms with Gasteiger partial charge in [0, 0.05) is 30.0 Å². The van der Waals surface area contributed by atoms with Crippen LogP contribution in [0, 0.1) is 6.92 Å². The molecule has 1 aromatic carbocycles. The summed E-state index contributed by atoms with van der Waals surface area (Å²) < 4.78 is 2.02. The molecule has 0 saturated carbocycles. The number of rotatable bonds is 4. The molecule has 0 bridgehead atoms. The number of hydrogen-bond donors (Lipinski definition) is 2. The van der Waals surface area contributed by atoms with Crippen molar-refractivity contribution in [3.63, 3.8) is 0 Å². The van der Waals surface area contributed by atoms with E-state index in [0.717, 1.165) is 17.1 Å². The number of aromatic nitrogens is 2. The fourth-order valence-electron chi connectivity index (χ4n) is 2.34. The maximum atomic E-state index is 9.54. The SMILES string of the molecule is Cc1cc(O)ccc1NC(c1cccs1)c1nccn1C. The number of aromatic hydroxyl groups is 1. The van der Waals surface area contributed by atoms with Crippen molar-refractivity contribution >= 4 is 17.0 Å². The van der Waals surface area contributed by atoms with Crippen molar-refractivity contribution in [2.24, 2.45) is 7.05 Å². The second-order valence-electron chi connectivity index (χ2n) is 4.99. The van der Waals surface area contributed by atoms with Gasteiger partial charge in [0.15, 0.2) is 0 Å². The zero-order valence-electron chi connectivity index (χ0n) is 11.9. The minimum atomic E-state index is -0.00626. The van der Waals surface area contributed by atoms with Crippen molar-refractivity contribution in [1.82, 2.24) is 9.55 Å². The molecule has 0 fully saturated rings. The first kappa shape index (κ1) is 13.7. The zero-order chi connectivity index (χ0) is 14.8. The summed E-state index contributed by atoms with van der Waals surface area (Å²) in [7, 11) is 1.99. The lowest BCUT2D eigenvalue weighted by molar-refractivity contribution is 0.475. The fraction of sp³-hybridized carbons (Fsp3) is 0.188. The zero-order valence-corrected chi connectivity index (χ0v) is 12.8. The Kier molecular flexibility index (Phi) is 3.66. The molecule has 0 amide bonds. The molecule has 0 saturated heterocycles. The molecule has 1 atom stereocenters. The van der Waals surface area contributed by atoms with E-state index in [4.69, 9.17) is 0 Å². The minimum Gasteiger partial charge on any atom is -0.508 e. The number of thiophene rings is 1. The average molecular weight is 299 g/mol. The van der Waals surface area contributed by atoms with Gasteiger partial charge in [-0.05, 0) is 42.1 Å². The van der Waals surface area contributed by atoms with Crippen molar-refractivity contribution < 1.29 is 5.11 Å². The minimum absolute atomic E-state index is 0.00626. The van der Waals surface area contributed by atoms with E-state index >= 15 is 0 Å². The lowest BCUT2D eigenvalue weighted by Gasteiger charge is -2.20. The van der Waals surface area contributed by atoms with Crippen LogP contribution in [0.4, 0.5) is 5.69 Å². The van der Waals surface area contributed by atoms with Crippen LogP contribution in [-0.2, 0) is 7.05 Å². The van der Waals surface area contributed by atoms with E-state index in [0.29, 0.717) is 0 Å². The van der Waals surface area contributed by atoms with Crippen molar-refractivity contribution in [3.05, 3.63) is 64.4 Å². The molecule has 0 radical (unpaired) electrons. The van der Waals surface area contributed by atoms with Crippen molar-refractivity contribution in [3.8, 4) is 5.75 Å². The molecule has 0 spiro atoms. The van der Waals surface area contributed by atoms with Crippen LogP contribution in [0.1, 0.15) is 22.3 Å². The van der Waals surface area contributed by atoms with Crippen LogP contribution >= 0.6 is 11.3 Å². The predicted octanol–water partition coefficient (Wildman–Crippen LogP) is 3.70. The van der Waals surface area contributed by atoms with Crippen molar-refractivity contribution in [2.75, 3.05) is 5.32 Å². The van der Waals surface area contributed by atoms with E-state index in [2.05, 4.69) is 21.7 Å². The Labute approximate surface area is 127 Å². The first-order chi connectivity index (χ1) is 10.1. The number of phenolic OH excluding ortho intramolecular Hbond substituents is 1. The molecular weight excluding hydrogens is 282 g/mol. The number of benzene rings is 1. The standard InChI is InChI=1S/C16H17N3OS/c1-11-10-12(20)5-6-13(11)18-15(14-4-3-9-21-14)16-17-7-8-19(16)2/h3-10,15,18,20H,1-2H3. The number of anilines is 1. The van der Waals surface area contributed by atoms with Crippen LogP contribution in [0.25, 0.3) is 0 Å². The molecule has 2 N–H and O–H groups in total. The summed E-state index contributed by atoms with van der Waals surface area (Å²) >= 11 is 1.70. The molecule has 2 aromatic heterocycles. The van der Waals surface area contributed by atoms with Gasteiger partial charge >= 0.3 is 0 Å². The average Bonchev–Trinajstić information content (AvgIpc) is 3.10. The molecule has 4 nitrogen and oxygen atoms in total. The van der Waals surface area contributed by atoms with Crippen LogP contribution < -0.4 is 5.32 Å². The van der Waals surface area contributed by atoms with Gasteiger partial charge in [-0.3, -0.25) is 0 Å². The van der Waals surface area contributed by atoms with Gasteiger partial charge in [0.1, 0.15) is 17.6 Å². The molecule has 3 rings (SSSR count). The molecule has 1 unspecified atom stereocenters. The van der Waals surface area contributed by atoms with Crippen molar-refractivity contribution in [2.45, 2.75) is 13.0 Å². The molecule has 0 aliphatic heterocycles. The molecule has 5 heteroatoms.